The van der Waals surface area contributed by atoms with E-state index in [1.165, 1.54) is 4.90 Å². The van der Waals surface area contributed by atoms with Crippen LogP contribution in [0.15, 0.2) is 29.2 Å². The fraction of sp³-hybridized carbons (Fsp3) is 0.500. The van der Waals surface area contributed by atoms with E-state index in [1.807, 2.05) is 25.6 Å². The largest absolute Gasteiger partial charge is 0.351 e. The monoisotopic (exact) mass is 266 g/mol. The molecule has 1 amide bonds. The highest BCUT2D eigenvalue weighted by molar-refractivity contribution is 7.99. The summed E-state index contributed by atoms with van der Waals surface area (Å²) in [6.45, 7) is 7.16. The molecule has 18 heavy (non-hydrogen) atoms. The predicted octanol–water partition coefficient (Wildman–Crippen LogP) is 2.41. The van der Waals surface area contributed by atoms with Crippen molar-refractivity contribution in [2.24, 2.45) is 0 Å². The number of carbonyl (C=O) groups excluding carboxylic acids is 1. The second-order valence-corrected chi connectivity index (χ2v) is 5.73. The van der Waals surface area contributed by atoms with E-state index in [0.29, 0.717) is 19.1 Å². The summed E-state index contributed by atoms with van der Waals surface area (Å²) in [5, 5.41) is 5.99. The number of hydrogen-bond acceptors (Lipinski definition) is 3. The molecule has 0 fully saturated rings. The highest BCUT2D eigenvalue weighted by atomic mass is 32.2. The third kappa shape index (κ3) is 6.07. The van der Waals surface area contributed by atoms with Crippen LogP contribution in [0, 0.1) is 0 Å². The third-order valence-corrected chi connectivity index (χ3v) is 3.29. The van der Waals surface area contributed by atoms with Crippen LogP contribution >= 0.6 is 11.8 Å². The Morgan fingerprint density at radius 2 is 1.94 bits per heavy atom. The van der Waals surface area contributed by atoms with Crippen LogP contribution in [-0.4, -0.2) is 24.2 Å². The quantitative estimate of drug-likeness (QED) is 0.745. The number of hydrogen-bond donors (Lipinski definition) is 2. The van der Waals surface area contributed by atoms with Gasteiger partial charge in [0, 0.05) is 17.5 Å². The molecule has 0 spiro atoms. The maximum absolute atomic E-state index is 11.5. The Kier molecular flexibility index (Phi) is 6.83. The summed E-state index contributed by atoms with van der Waals surface area (Å²) < 4.78 is 0. The van der Waals surface area contributed by atoms with Gasteiger partial charge in [-0.1, -0.05) is 32.9 Å². The van der Waals surface area contributed by atoms with Gasteiger partial charge in [-0.3, -0.25) is 4.79 Å². The smallest absolute Gasteiger partial charge is 0.234 e. The van der Waals surface area contributed by atoms with Gasteiger partial charge in [-0.25, -0.2) is 0 Å². The molecule has 1 rings (SSSR count). The molecule has 2 N–H and O–H groups in total. The molecule has 4 heteroatoms. The number of carbonyl (C=O) groups is 1. The van der Waals surface area contributed by atoms with Crippen LogP contribution in [0.5, 0.6) is 0 Å². The molecular formula is C14H22N2OS. The Bertz CT molecular complexity index is 363. The fourth-order valence-corrected chi connectivity index (χ4v) is 2.09. The highest BCUT2D eigenvalue weighted by Gasteiger charge is 2.02. The van der Waals surface area contributed by atoms with Gasteiger partial charge in [0.1, 0.15) is 0 Å². The molecule has 1 aromatic carbocycles. The molecule has 0 aromatic heterocycles. The van der Waals surface area contributed by atoms with Crippen LogP contribution < -0.4 is 10.6 Å². The third-order valence-electron chi connectivity index (χ3n) is 2.39. The van der Waals surface area contributed by atoms with Crippen LogP contribution in [0.25, 0.3) is 0 Å². The molecule has 0 saturated heterocycles. The van der Waals surface area contributed by atoms with E-state index >= 15 is 0 Å². The SMILES string of the molecule is CCSc1ccc(CNC(=O)CNC(C)C)cc1. The molecule has 0 aliphatic heterocycles. The maximum atomic E-state index is 11.5. The summed E-state index contributed by atoms with van der Waals surface area (Å²) in [6, 6.07) is 8.66. The number of benzene rings is 1. The van der Waals surface area contributed by atoms with Crippen molar-refractivity contribution in [3.8, 4) is 0 Å². The molecular weight excluding hydrogens is 244 g/mol. The van der Waals surface area contributed by atoms with E-state index in [9.17, 15) is 4.79 Å². The van der Waals surface area contributed by atoms with Gasteiger partial charge in [0.15, 0.2) is 0 Å². The molecule has 0 radical (unpaired) electrons. The second kappa shape index (κ2) is 8.16. The molecule has 0 aliphatic rings. The maximum Gasteiger partial charge on any atom is 0.234 e. The van der Waals surface area contributed by atoms with E-state index in [0.717, 1.165) is 11.3 Å². The Morgan fingerprint density at radius 1 is 1.28 bits per heavy atom. The first-order valence-electron chi connectivity index (χ1n) is 6.33. The topological polar surface area (TPSA) is 41.1 Å². The molecule has 0 saturated carbocycles. The van der Waals surface area contributed by atoms with Crippen LogP contribution in [0.4, 0.5) is 0 Å². The van der Waals surface area contributed by atoms with Crippen LogP contribution in [0.1, 0.15) is 26.3 Å². The molecule has 0 atom stereocenters. The van der Waals surface area contributed by atoms with Crippen molar-refractivity contribution < 1.29 is 4.79 Å². The molecule has 0 bridgehead atoms. The summed E-state index contributed by atoms with van der Waals surface area (Å²) >= 11 is 1.82. The van der Waals surface area contributed by atoms with E-state index in [2.05, 4.69) is 41.8 Å². The van der Waals surface area contributed by atoms with Gasteiger partial charge in [0.05, 0.1) is 6.54 Å². The Balaban J connectivity index is 2.32. The standard InChI is InChI=1S/C14H22N2OS/c1-4-18-13-7-5-12(6-8-13)9-16-14(17)10-15-11(2)3/h5-8,11,15H,4,9-10H2,1-3H3,(H,16,17). The number of amides is 1. The zero-order chi connectivity index (χ0) is 13.4. The Hall–Kier alpha value is -1.00. The van der Waals surface area contributed by atoms with Crippen LogP contribution in [0.3, 0.4) is 0 Å². The summed E-state index contributed by atoms with van der Waals surface area (Å²) in [5.41, 5.74) is 1.13. The fourth-order valence-electron chi connectivity index (χ4n) is 1.43. The van der Waals surface area contributed by atoms with Crippen molar-refractivity contribution in [1.29, 1.82) is 0 Å². The van der Waals surface area contributed by atoms with E-state index < -0.39 is 0 Å². The van der Waals surface area contributed by atoms with Gasteiger partial charge in [-0.2, -0.15) is 0 Å². The molecule has 100 valence electrons. The second-order valence-electron chi connectivity index (χ2n) is 4.39. The minimum atomic E-state index is 0.0377. The zero-order valence-corrected chi connectivity index (χ0v) is 12.1. The van der Waals surface area contributed by atoms with Crippen molar-refractivity contribution in [3.63, 3.8) is 0 Å². The van der Waals surface area contributed by atoms with E-state index in [-0.39, 0.29) is 5.91 Å². The minimum Gasteiger partial charge on any atom is -0.351 e. The molecule has 1 aromatic rings. The average Bonchev–Trinajstić information content (AvgIpc) is 2.36. The van der Waals surface area contributed by atoms with Crippen LogP contribution in [-0.2, 0) is 11.3 Å². The molecule has 0 unspecified atom stereocenters. The van der Waals surface area contributed by atoms with Crippen molar-refractivity contribution >= 4 is 17.7 Å². The average molecular weight is 266 g/mol. The lowest BCUT2D eigenvalue weighted by Gasteiger charge is -2.09. The van der Waals surface area contributed by atoms with Crippen LogP contribution in [0.2, 0.25) is 0 Å². The van der Waals surface area contributed by atoms with Gasteiger partial charge in [0.25, 0.3) is 0 Å². The summed E-state index contributed by atoms with van der Waals surface area (Å²) in [4.78, 5) is 12.8. The minimum absolute atomic E-state index is 0.0377. The van der Waals surface area contributed by atoms with Crippen molar-refractivity contribution in [2.75, 3.05) is 12.3 Å². The van der Waals surface area contributed by atoms with Gasteiger partial charge < -0.3 is 10.6 Å². The lowest BCUT2D eigenvalue weighted by atomic mass is 10.2. The molecule has 0 heterocycles. The van der Waals surface area contributed by atoms with Gasteiger partial charge in [-0.15, -0.1) is 11.8 Å². The summed E-state index contributed by atoms with van der Waals surface area (Å²) in [6.07, 6.45) is 0. The zero-order valence-electron chi connectivity index (χ0n) is 11.3. The lowest BCUT2D eigenvalue weighted by molar-refractivity contribution is -0.120. The highest BCUT2D eigenvalue weighted by Crippen LogP contribution is 2.17. The number of nitrogens with one attached hydrogen (secondary N) is 2. The first-order valence-corrected chi connectivity index (χ1v) is 7.32. The van der Waals surface area contributed by atoms with E-state index in [4.69, 9.17) is 0 Å². The molecule has 3 nitrogen and oxygen atoms in total. The normalized spacial score (nSPS) is 10.7. The Labute approximate surface area is 114 Å². The lowest BCUT2D eigenvalue weighted by Crippen LogP contribution is -2.36. The van der Waals surface area contributed by atoms with E-state index in [1.54, 1.807) is 0 Å². The van der Waals surface area contributed by atoms with Gasteiger partial charge in [-0.05, 0) is 23.4 Å². The Morgan fingerprint density at radius 3 is 2.50 bits per heavy atom. The van der Waals surface area contributed by atoms with Gasteiger partial charge >= 0.3 is 0 Å². The summed E-state index contributed by atoms with van der Waals surface area (Å²) in [5.74, 6) is 1.12. The first kappa shape index (κ1) is 15.1. The van der Waals surface area contributed by atoms with Gasteiger partial charge in [0.2, 0.25) is 5.91 Å². The predicted molar refractivity (Wildman–Crippen MR) is 77.8 cm³/mol. The first-order chi connectivity index (χ1) is 8.61. The van der Waals surface area contributed by atoms with Crippen molar-refractivity contribution in [3.05, 3.63) is 29.8 Å². The number of thioether (sulfide) groups is 1. The summed E-state index contributed by atoms with van der Waals surface area (Å²) in [7, 11) is 0. The molecule has 0 aliphatic carbocycles. The van der Waals surface area contributed by atoms with Crippen molar-refractivity contribution in [1.82, 2.24) is 10.6 Å². The van der Waals surface area contributed by atoms with Crippen molar-refractivity contribution in [2.45, 2.75) is 38.3 Å². The number of rotatable bonds is 7.